The maximum atomic E-state index is 12.7. The zero-order valence-corrected chi connectivity index (χ0v) is 14.1. The minimum atomic E-state index is -3.70. The van der Waals surface area contributed by atoms with Crippen molar-refractivity contribution >= 4 is 27.3 Å². The van der Waals surface area contributed by atoms with Gasteiger partial charge in [-0.05, 0) is 36.6 Å². The Morgan fingerprint density at radius 1 is 1.27 bits per heavy atom. The number of thiophene rings is 1. The molecule has 0 saturated heterocycles. The average molecular weight is 339 g/mol. The molecule has 0 radical (unpaired) electrons. The van der Waals surface area contributed by atoms with E-state index >= 15 is 0 Å². The van der Waals surface area contributed by atoms with E-state index in [-0.39, 0.29) is 16.5 Å². The second kappa shape index (κ2) is 6.60. The molecule has 1 atom stereocenters. The van der Waals surface area contributed by atoms with Gasteiger partial charge in [-0.25, -0.2) is 13.2 Å². The van der Waals surface area contributed by atoms with E-state index in [2.05, 4.69) is 4.74 Å². The second-order valence-corrected chi connectivity index (χ2v) is 7.71. The number of carbonyl (C=O) groups is 1. The van der Waals surface area contributed by atoms with Crippen LogP contribution >= 0.6 is 11.3 Å². The van der Waals surface area contributed by atoms with Crippen molar-refractivity contribution in [3.8, 4) is 0 Å². The van der Waals surface area contributed by atoms with Gasteiger partial charge in [0.15, 0.2) is 0 Å². The van der Waals surface area contributed by atoms with Crippen LogP contribution in [0.15, 0.2) is 46.7 Å². The summed E-state index contributed by atoms with van der Waals surface area (Å²) in [5.74, 6) is -0.564. The van der Waals surface area contributed by atoms with Gasteiger partial charge in [-0.2, -0.15) is 4.31 Å². The summed E-state index contributed by atoms with van der Waals surface area (Å²) in [7, 11) is -0.906. The highest BCUT2D eigenvalue weighted by molar-refractivity contribution is 7.89. The van der Waals surface area contributed by atoms with Crippen molar-refractivity contribution in [1.82, 2.24) is 4.31 Å². The number of benzene rings is 1. The Labute approximate surface area is 134 Å². The number of methoxy groups -OCH3 is 1. The fourth-order valence-electron chi connectivity index (χ4n) is 1.98. The third-order valence-corrected chi connectivity index (χ3v) is 6.40. The van der Waals surface area contributed by atoms with Gasteiger partial charge in [-0.1, -0.05) is 12.1 Å². The minimum absolute atomic E-state index is 0.0707. The number of hydrogen-bond acceptors (Lipinski definition) is 5. The molecule has 1 heterocycles. The van der Waals surface area contributed by atoms with Gasteiger partial charge in [0.25, 0.3) is 0 Å². The molecule has 0 unspecified atom stereocenters. The van der Waals surface area contributed by atoms with Crippen molar-refractivity contribution in [3.05, 3.63) is 52.2 Å². The Morgan fingerprint density at radius 2 is 2.00 bits per heavy atom. The van der Waals surface area contributed by atoms with E-state index in [0.717, 1.165) is 4.88 Å². The Morgan fingerprint density at radius 3 is 2.59 bits per heavy atom. The molecule has 2 aromatic rings. The summed E-state index contributed by atoms with van der Waals surface area (Å²) in [6.45, 7) is 1.83. The normalized spacial score (nSPS) is 13.1. The predicted octanol–water partition coefficient (Wildman–Crippen LogP) is 2.92. The number of hydrogen-bond donors (Lipinski definition) is 0. The molecule has 0 aliphatic heterocycles. The van der Waals surface area contributed by atoms with Crippen molar-refractivity contribution in [1.29, 1.82) is 0 Å². The SMILES string of the molecule is COC(=O)c1cccc(S(=O)(=O)N(C)[C@@H](C)c2cccs2)c1. The Balaban J connectivity index is 2.36. The number of rotatable bonds is 5. The summed E-state index contributed by atoms with van der Waals surface area (Å²) < 4.78 is 31.3. The molecule has 2 rings (SSSR count). The van der Waals surface area contributed by atoms with E-state index in [1.54, 1.807) is 0 Å². The van der Waals surface area contributed by atoms with E-state index in [0.29, 0.717) is 0 Å². The molecule has 7 heteroatoms. The van der Waals surface area contributed by atoms with Crippen molar-refractivity contribution < 1.29 is 17.9 Å². The highest BCUT2D eigenvalue weighted by Gasteiger charge is 2.27. The molecule has 22 heavy (non-hydrogen) atoms. The van der Waals surface area contributed by atoms with Crippen molar-refractivity contribution in [2.75, 3.05) is 14.2 Å². The molecule has 1 aromatic heterocycles. The Kier molecular flexibility index (Phi) is 5.00. The van der Waals surface area contributed by atoms with Crippen LogP contribution in [0.5, 0.6) is 0 Å². The monoisotopic (exact) mass is 339 g/mol. The minimum Gasteiger partial charge on any atom is -0.465 e. The first-order chi connectivity index (χ1) is 10.4. The van der Waals surface area contributed by atoms with Crippen LogP contribution in [-0.2, 0) is 14.8 Å². The Bertz CT molecular complexity index is 754. The lowest BCUT2D eigenvalue weighted by Crippen LogP contribution is -2.29. The lowest BCUT2D eigenvalue weighted by atomic mass is 10.2. The molecule has 0 fully saturated rings. The largest absolute Gasteiger partial charge is 0.465 e. The topological polar surface area (TPSA) is 63.7 Å². The molecular weight excluding hydrogens is 322 g/mol. The highest BCUT2D eigenvalue weighted by Crippen LogP contribution is 2.28. The van der Waals surface area contributed by atoms with E-state index in [1.165, 1.54) is 54.1 Å². The molecule has 0 bridgehead atoms. The van der Waals surface area contributed by atoms with E-state index in [1.807, 2.05) is 24.4 Å². The van der Waals surface area contributed by atoms with Gasteiger partial charge in [-0.15, -0.1) is 11.3 Å². The fourth-order valence-corrected chi connectivity index (χ4v) is 4.27. The smallest absolute Gasteiger partial charge is 0.337 e. The van der Waals surface area contributed by atoms with Gasteiger partial charge in [0.05, 0.1) is 23.6 Å². The number of esters is 1. The van der Waals surface area contributed by atoms with E-state index < -0.39 is 16.0 Å². The molecule has 0 saturated carbocycles. The maximum Gasteiger partial charge on any atom is 0.337 e. The van der Waals surface area contributed by atoms with E-state index in [4.69, 9.17) is 0 Å². The number of carbonyl (C=O) groups excluding carboxylic acids is 1. The molecule has 1 aromatic carbocycles. The third kappa shape index (κ3) is 3.21. The van der Waals surface area contributed by atoms with Crippen LogP contribution in [0.25, 0.3) is 0 Å². The molecule has 0 aliphatic rings. The van der Waals surface area contributed by atoms with Crippen LogP contribution in [0.3, 0.4) is 0 Å². The molecule has 0 N–H and O–H groups in total. The van der Waals surface area contributed by atoms with Gasteiger partial charge in [-0.3, -0.25) is 0 Å². The van der Waals surface area contributed by atoms with Crippen LogP contribution in [0.1, 0.15) is 28.2 Å². The molecule has 0 amide bonds. The quantitative estimate of drug-likeness (QED) is 0.786. The number of nitrogens with zero attached hydrogens (tertiary/aromatic N) is 1. The zero-order valence-electron chi connectivity index (χ0n) is 12.5. The first kappa shape index (κ1) is 16.7. The van der Waals surface area contributed by atoms with Gasteiger partial charge in [0, 0.05) is 11.9 Å². The second-order valence-electron chi connectivity index (χ2n) is 4.73. The molecule has 0 spiro atoms. The van der Waals surface area contributed by atoms with Gasteiger partial charge in [0.2, 0.25) is 10.0 Å². The van der Waals surface area contributed by atoms with Crippen LogP contribution in [-0.4, -0.2) is 32.8 Å². The fraction of sp³-hybridized carbons (Fsp3) is 0.267. The summed E-state index contributed by atoms with van der Waals surface area (Å²) in [4.78, 5) is 12.6. The summed E-state index contributed by atoms with van der Waals surface area (Å²) in [6, 6.07) is 9.35. The molecule has 5 nitrogen and oxygen atoms in total. The van der Waals surface area contributed by atoms with Crippen molar-refractivity contribution in [3.63, 3.8) is 0 Å². The maximum absolute atomic E-state index is 12.7. The molecular formula is C15H17NO4S2. The standard InChI is InChI=1S/C15H17NO4S2/c1-11(14-8-5-9-21-14)16(2)22(18,19)13-7-4-6-12(10-13)15(17)20-3/h4-11H,1-3H3/t11-/m0/s1. The van der Waals surface area contributed by atoms with Gasteiger partial charge in [0.1, 0.15) is 0 Å². The number of sulfonamides is 1. The van der Waals surface area contributed by atoms with E-state index in [9.17, 15) is 13.2 Å². The van der Waals surface area contributed by atoms with Crippen LogP contribution in [0.2, 0.25) is 0 Å². The zero-order chi connectivity index (χ0) is 16.3. The Hall–Kier alpha value is -1.70. The predicted molar refractivity (Wildman–Crippen MR) is 85.5 cm³/mol. The molecule has 0 aliphatic carbocycles. The van der Waals surface area contributed by atoms with Crippen molar-refractivity contribution in [2.45, 2.75) is 17.9 Å². The summed E-state index contributed by atoms with van der Waals surface area (Å²) in [5.41, 5.74) is 0.209. The summed E-state index contributed by atoms with van der Waals surface area (Å²) in [5, 5.41) is 1.91. The third-order valence-electron chi connectivity index (χ3n) is 3.43. The lowest BCUT2D eigenvalue weighted by molar-refractivity contribution is 0.0600. The van der Waals surface area contributed by atoms with Crippen LogP contribution in [0.4, 0.5) is 0 Å². The highest BCUT2D eigenvalue weighted by atomic mass is 32.2. The van der Waals surface area contributed by atoms with Crippen LogP contribution < -0.4 is 0 Å². The molecule has 118 valence electrons. The first-order valence-electron chi connectivity index (χ1n) is 6.57. The summed E-state index contributed by atoms with van der Waals surface area (Å²) in [6.07, 6.45) is 0. The number of ether oxygens (including phenoxy) is 1. The summed E-state index contributed by atoms with van der Waals surface area (Å²) >= 11 is 1.50. The van der Waals surface area contributed by atoms with Gasteiger partial charge < -0.3 is 4.74 Å². The average Bonchev–Trinajstić information content (AvgIpc) is 3.07. The first-order valence-corrected chi connectivity index (χ1v) is 8.89. The van der Waals surface area contributed by atoms with Crippen LogP contribution in [0, 0.1) is 0 Å². The van der Waals surface area contributed by atoms with Crippen molar-refractivity contribution in [2.24, 2.45) is 0 Å². The lowest BCUT2D eigenvalue weighted by Gasteiger charge is -2.23. The van der Waals surface area contributed by atoms with Gasteiger partial charge >= 0.3 is 5.97 Å².